The van der Waals surface area contributed by atoms with Crippen LogP contribution < -0.4 is 14.8 Å². The van der Waals surface area contributed by atoms with Crippen LogP contribution in [0.3, 0.4) is 0 Å². The summed E-state index contributed by atoms with van der Waals surface area (Å²) in [4.78, 5) is 13.1. The predicted octanol–water partition coefficient (Wildman–Crippen LogP) is 5.68. The van der Waals surface area contributed by atoms with E-state index < -0.39 is 6.04 Å². The van der Waals surface area contributed by atoms with Gasteiger partial charge in [0.15, 0.2) is 11.0 Å². The van der Waals surface area contributed by atoms with Gasteiger partial charge in [-0.15, -0.1) is 10.2 Å². The molecular formula is C28H30N4O3S. The Balaban J connectivity index is 1.63. The fourth-order valence-electron chi connectivity index (χ4n) is 3.79. The lowest BCUT2D eigenvalue weighted by molar-refractivity contribution is 0.0937. The number of ether oxygens (including phenoxy) is 2. The van der Waals surface area contributed by atoms with Gasteiger partial charge in [-0.05, 0) is 56.2 Å². The Morgan fingerprint density at radius 3 is 2.28 bits per heavy atom. The number of carbonyl (C=O) groups excluding carboxylic acids is 1. The highest BCUT2D eigenvalue weighted by atomic mass is 32.2. The summed E-state index contributed by atoms with van der Waals surface area (Å²) in [6.45, 7) is 6.06. The average Bonchev–Trinajstić information content (AvgIpc) is 3.32. The maximum absolute atomic E-state index is 13.1. The molecule has 0 bridgehead atoms. The Kier molecular flexibility index (Phi) is 7.95. The molecule has 1 heterocycles. The average molecular weight is 503 g/mol. The van der Waals surface area contributed by atoms with E-state index in [1.54, 1.807) is 44.2 Å². The summed E-state index contributed by atoms with van der Waals surface area (Å²) in [5.41, 5.74) is 5.03. The first kappa shape index (κ1) is 25.3. The maximum atomic E-state index is 13.1. The van der Waals surface area contributed by atoms with E-state index in [9.17, 15) is 4.79 Å². The van der Waals surface area contributed by atoms with E-state index in [0.717, 1.165) is 22.2 Å². The Morgan fingerprint density at radius 1 is 0.972 bits per heavy atom. The molecule has 1 atom stereocenters. The first-order valence-corrected chi connectivity index (χ1v) is 12.6. The smallest absolute Gasteiger partial charge is 0.252 e. The molecule has 36 heavy (non-hydrogen) atoms. The lowest BCUT2D eigenvalue weighted by Crippen LogP contribution is -2.28. The van der Waals surface area contributed by atoms with Crippen LogP contribution in [0.1, 0.15) is 45.8 Å². The topological polar surface area (TPSA) is 78.3 Å². The number of thioether (sulfide) groups is 1. The zero-order chi connectivity index (χ0) is 25.7. The fraction of sp³-hybridized carbons (Fsp3) is 0.250. The number of methoxy groups -OCH3 is 2. The lowest BCUT2D eigenvalue weighted by atomic mass is 10.1. The van der Waals surface area contributed by atoms with E-state index in [2.05, 4.69) is 53.6 Å². The number of nitrogens with zero attached hydrogens (tertiary/aromatic N) is 3. The number of hydrogen-bond acceptors (Lipinski definition) is 6. The molecule has 0 saturated heterocycles. The van der Waals surface area contributed by atoms with Crippen molar-refractivity contribution in [1.82, 2.24) is 20.1 Å². The minimum Gasteiger partial charge on any atom is -0.497 e. The van der Waals surface area contributed by atoms with Crippen LogP contribution in [-0.2, 0) is 5.75 Å². The van der Waals surface area contributed by atoms with Crippen LogP contribution in [0.2, 0.25) is 0 Å². The van der Waals surface area contributed by atoms with Gasteiger partial charge in [-0.25, -0.2) is 0 Å². The zero-order valence-corrected chi connectivity index (χ0v) is 21.9. The van der Waals surface area contributed by atoms with Crippen molar-refractivity contribution in [2.75, 3.05) is 14.2 Å². The van der Waals surface area contributed by atoms with Crippen LogP contribution in [0.5, 0.6) is 11.5 Å². The minimum absolute atomic E-state index is 0.257. The van der Waals surface area contributed by atoms with E-state index in [1.807, 2.05) is 35.8 Å². The molecule has 0 aliphatic rings. The molecule has 0 aliphatic carbocycles. The van der Waals surface area contributed by atoms with Crippen LogP contribution in [0, 0.1) is 13.8 Å². The largest absolute Gasteiger partial charge is 0.497 e. The molecule has 4 aromatic rings. The second-order valence-electron chi connectivity index (χ2n) is 8.52. The van der Waals surface area contributed by atoms with Crippen molar-refractivity contribution in [2.45, 2.75) is 37.7 Å². The molecule has 186 valence electrons. The molecule has 1 aromatic heterocycles. The quantitative estimate of drug-likeness (QED) is 0.297. The van der Waals surface area contributed by atoms with Crippen molar-refractivity contribution in [3.8, 4) is 17.2 Å². The highest BCUT2D eigenvalue weighted by molar-refractivity contribution is 7.98. The number of nitrogens with one attached hydrogen (secondary N) is 1. The predicted molar refractivity (Wildman–Crippen MR) is 142 cm³/mol. The molecule has 0 spiro atoms. The van der Waals surface area contributed by atoms with Gasteiger partial charge in [-0.3, -0.25) is 9.36 Å². The third-order valence-corrected chi connectivity index (χ3v) is 6.89. The van der Waals surface area contributed by atoms with Crippen molar-refractivity contribution < 1.29 is 14.3 Å². The monoisotopic (exact) mass is 502 g/mol. The van der Waals surface area contributed by atoms with Crippen molar-refractivity contribution in [3.05, 3.63) is 94.8 Å². The van der Waals surface area contributed by atoms with Crippen molar-refractivity contribution in [2.24, 2.45) is 0 Å². The number of hydrogen-bond donors (Lipinski definition) is 1. The molecule has 0 aliphatic heterocycles. The van der Waals surface area contributed by atoms with E-state index in [0.29, 0.717) is 22.9 Å². The van der Waals surface area contributed by atoms with Gasteiger partial charge >= 0.3 is 0 Å². The van der Waals surface area contributed by atoms with Crippen LogP contribution >= 0.6 is 11.8 Å². The third-order valence-electron chi connectivity index (χ3n) is 5.92. The number of carbonyl (C=O) groups is 1. The van der Waals surface area contributed by atoms with Gasteiger partial charge in [0.2, 0.25) is 0 Å². The first-order chi connectivity index (χ1) is 17.4. The summed E-state index contributed by atoms with van der Waals surface area (Å²) in [7, 11) is 3.11. The van der Waals surface area contributed by atoms with Crippen molar-refractivity contribution in [3.63, 3.8) is 0 Å². The molecule has 4 rings (SSSR count). The molecule has 1 unspecified atom stereocenters. The van der Waals surface area contributed by atoms with Gasteiger partial charge in [-0.1, -0.05) is 53.7 Å². The maximum Gasteiger partial charge on any atom is 0.252 e. The van der Waals surface area contributed by atoms with Gasteiger partial charge < -0.3 is 14.8 Å². The molecule has 7 nitrogen and oxygen atoms in total. The minimum atomic E-state index is -0.406. The third kappa shape index (κ3) is 5.71. The van der Waals surface area contributed by atoms with Crippen LogP contribution in [-0.4, -0.2) is 34.9 Å². The van der Waals surface area contributed by atoms with E-state index >= 15 is 0 Å². The first-order valence-electron chi connectivity index (χ1n) is 11.6. The Morgan fingerprint density at radius 2 is 1.64 bits per heavy atom. The normalized spacial score (nSPS) is 11.7. The highest BCUT2D eigenvalue weighted by Crippen LogP contribution is 2.29. The Hall–Kier alpha value is -3.78. The Bertz CT molecular complexity index is 1330. The summed E-state index contributed by atoms with van der Waals surface area (Å²) in [6, 6.07) is 21.2. The molecule has 0 fully saturated rings. The molecule has 1 amide bonds. The molecular weight excluding hydrogens is 472 g/mol. The van der Waals surface area contributed by atoms with Gasteiger partial charge in [0.25, 0.3) is 5.91 Å². The number of rotatable bonds is 9. The molecule has 3 aromatic carbocycles. The number of benzene rings is 3. The van der Waals surface area contributed by atoms with Crippen LogP contribution in [0.25, 0.3) is 5.69 Å². The fourth-order valence-corrected chi connectivity index (χ4v) is 4.82. The number of amides is 1. The number of aryl methyl sites for hydroxylation is 2. The second kappa shape index (κ2) is 11.3. The van der Waals surface area contributed by atoms with Crippen LogP contribution in [0.15, 0.2) is 71.9 Å². The summed E-state index contributed by atoms with van der Waals surface area (Å²) in [6.07, 6.45) is 0. The SMILES string of the molecule is COc1cc(OC)cc(C(=O)NC(C)c2nnc(SCc3ccccc3C)n2-c2ccc(C)cc2)c1. The zero-order valence-electron chi connectivity index (χ0n) is 21.1. The van der Waals surface area contributed by atoms with E-state index in [1.165, 1.54) is 11.1 Å². The van der Waals surface area contributed by atoms with Gasteiger partial charge in [0.05, 0.1) is 20.3 Å². The molecule has 8 heteroatoms. The van der Waals surface area contributed by atoms with Crippen molar-refractivity contribution >= 4 is 17.7 Å². The molecule has 1 N–H and O–H groups in total. The van der Waals surface area contributed by atoms with Crippen molar-refractivity contribution in [1.29, 1.82) is 0 Å². The van der Waals surface area contributed by atoms with Gasteiger partial charge in [0, 0.05) is 23.1 Å². The second-order valence-corrected chi connectivity index (χ2v) is 9.47. The molecule has 0 saturated carbocycles. The van der Waals surface area contributed by atoms with Gasteiger partial charge in [-0.2, -0.15) is 0 Å². The molecule has 0 radical (unpaired) electrons. The summed E-state index contributed by atoms with van der Waals surface area (Å²) < 4.78 is 12.6. The summed E-state index contributed by atoms with van der Waals surface area (Å²) in [5.74, 6) is 2.25. The van der Waals surface area contributed by atoms with E-state index in [-0.39, 0.29) is 5.91 Å². The van der Waals surface area contributed by atoms with Crippen LogP contribution in [0.4, 0.5) is 0 Å². The van der Waals surface area contributed by atoms with E-state index in [4.69, 9.17) is 9.47 Å². The number of aromatic nitrogens is 3. The lowest BCUT2D eigenvalue weighted by Gasteiger charge is -2.17. The van der Waals surface area contributed by atoms with Gasteiger partial charge in [0.1, 0.15) is 11.5 Å². The standard InChI is InChI=1S/C28H30N4O3S/c1-18-10-12-23(13-11-18)32-26(30-31-28(32)36-17-21-9-7-6-8-19(21)2)20(3)29-27(33)22-14-24(34-4)16-25(15-22)35-5/h6-16,20H,17H2,1-5H3,(H,29,33). The summed E-state index contributed by atoms with van der Waals surface area (Å²) >= 11 is 1.62. The Labute approximate surface area is 215 Å². The highest BCUT2D eigenvalue weighted by Gasteiger charge is 2.22. The summed E-state index contributed by atoms with van der Waals surface area (Å²) in [5, 5.41) is 12.8.